The molecule has 0 heterocycles. The molecule has 0 aromatic carbocycles. The molecule has 10 heteroatoms. The van der Waals surface area contributed by atoms with Crippen LogP contribution in [-0.2, 0) is 23.1 Å². The molecule has 0 bridgehead atoms. The Kier molecular flexibility index (Phi) is 25.9. The van der Waals surface area contributed by atoms with E-state index in [1.54, 1.807) is 0 Å². The number of phosphoric ester groups is 1. The summed E-state index contributed by atoms with van der Waals surface area (Å²) in [6.07, 6.45) is 23.2. The molecule has 3 atom stereocenters. The Balaban J connectivity index is 3.48. The van der Waals surface area contributed by atoms with Crippen LogP contribution in [0.15, 0.2) is 12.2 Å². The molecule has 0 aliphatic carbocycles. The van der Waals surface area contributed by atoms with Crippen LogP contribution in [0.25, 0.3) is 0 Å². The zero-order valence-electron chi connectivity index (χ0n) is 23.6. The van der Waals surface area contributed by atoms with Crippen molar-refractivity contribution in [2.75, 3.05) is 26.4 Å². The Bertz CT molecular complexity index is 615. The van der Waals surface area contributed by atoms with E-state index in [1.165, 1.54) is 77.0 Å². The summed E-state index contributed by atoms with van der Waals surface area (Å²) in [5.41, 5.74) is 0. The first-order chi connectivity index (χ1) is 18.3. The topological polar surface area (TPSA) is 143 Å². The van der Waals surface area contributed by atoms with Crippen LogP contribution >= 0.6 is 7.82 Å². The minimum Gasteiger partial charge on any atom is -0.463 e. The number of aliphatic hydroxyl groups is 3. The van der Waals surface area contributed by atoms with Gasteiger partial charge in [0, 0.05) is 6.42 Å². The lowest BCUT2D eigenvalue weighted by Gasteiger charge is -2.16. The molecule has 0 amide bonds. The molecule has 0 saturated carbocycles. The number of hydrogen-bond donors (Lipinski definition) is 4. The average molecular weight is 567 g/mol. The van der Waals surface area contributed by atoms with Gasteiger partial charge in [0.05, 0.1) is 19.8 Å². The van der Waals surface area contributed by atoms with Gasteiger partial charge in [-0.15, -0.1) is 0 Å². The van der Waals surface area contributed by atoms with Crippen LogP contribution in [0.5, 0.6) is 0 Å². The monoisotopic (exact) mass is 566 g/mol. The van der Waals surface area contributed by atoms with E-state index in [4.69, 9.17) is 14.9 Å². The van der Waals surface area contributed by atoms with E-state index in [2.05, 4.69) is 28.1 Å². The van der Waals surface area contributed by atoms with Gasteiger partial charge < -0.3 is 24.9 Å². The van der Waals surface area contributed by atoms with Crippen LogP contribution in [-0.4, -0.2) is 64.8 Å². The second-order valence-electron chi connectivity index (χ2n) is 9.98. The minimum absolute atomic E-state index is 0.262. The molecule has 4 N–H and O–H groups in total. The van der Waals surface area contributed by atoms with Crippen molar-refractivity contribution in [1.29, 1.82) is 0 Å². The van der Waals surface area contributed by atoms with Crippen LogP contribution in [0, 0.1) is 0 Å². The number of ether oxygens (including phenoxy) is 1. The number of allylic oxidation sites excluding steroid dienone is 2. The third-order valence-corrected chi connectivity index (χ3v) is 7.10. The Morgan fingerprint density at radius 2 is 1.16 bits per heavy atom. The quantitative estimate of drug-likeness (QED) is 0.0389. The van der Waals surface area contributed by atoms with Crippen LogP contribution in [0.4, 0.5) is 0 Å². The van der Waals surface area contributed by atoms with Crippen molar-refractivity contribution >= 4 is 13.8 Å². The van der Waals surface area contributed by atoms with Gasteiger partial charge in [-0.2, -0.15) is 0 Å². The van der Waals surface area contributed by atoms with Gasteiger partial charge in [-0.05, 0) is 32.1 Å². The fourth-order valence-electron chi connectivity index (χ4n) is 3.81. The van der Waals surface area contributed by atoms with Crippen molar-refractivity contribution < 1.29 is 43.4 Å². The maximum atomic E-state index is 11.8. The van der Waals surface area contributed by atoms with Crippen molar-refractivity contribution in [2.45, 2.75) is 135 Å². The van der Waals surface area contributed by atoms with E-state index >= 15 is 0 Å². The molecule has 9 nitrogen and oxygen atoms in total. The fraction of sp³-hybridized carbons (Fsp3) is 0.893. The standard InChI is InChI=1S/C28H55O9P/c1-2-3-4-5-6-7-8-9-10-11-12-13-14-15-16-17-18-19-20-21-28(32)35-23-27(31)25-37-38(33,34)36-24-26(30)22-29/h11-12,26-27,29-31H,2-10,13-25H2,1H3,(H,33,34)/b12-11-/t26-,27+/m0/s1. The highest BCUT2D eigenvalue weighted by Crippen LogP contribution is 2.43. The average Bonchev–Trinajstić information content (AvgIpc) is 2.90. The Morgan fingerprint density at radius 3 is 1.66 bits per heavy atom. The van der Waals surface area contributed by atoms with E-state index in [1.807, 2.05) is 0 Å². The molecule has 0 saturated heterocycles. The number of phosphoric acid groups is 1. The van der Waals surface area contributed by atoms with E-state index in [0.717, 1.165) is 32.1 Å². The largest absolute Gasteiger partial charge is 0.472 e. The van der Waals surface area contributed by atoms with E-state index in [9.17, 15) is 19.4 Å². The molecule has 0 spiro atoms. The summed E-state index contributed by atoms with van der Waals surface area (Å²) in [5, 5.41) is 27.5. The number of aliphatic hydroxyl groups excluding tert-OH is 3. The van der Waals surface area contributed by atoms with Crippen molar-refractivity contribution in [3.63, 3.8) is 0 Å². The number of esters is 1. The Labute approximate surface area is 230 Å². The highest BCUT2D eigenvalue weighted by Gasteiger charge is 2.24. The number of carbonyl (C=O) groups excluding carboxylic acids is 1. The predicted octanol–water partition coefficient (Wildman–Crippen LogP) is 5.98. The molecule has 0 fully saturated rings. The smallest absolute Gasteiger partial charge is 0.463 e. The predicted molar refractivity (Wildman–Crippen MR) is 150 cm³/mol. The SMILES string of the molecule is CCCCCCCCCC/C=C\CCCCCCCCCC(=O)OC[C@@H](O)COP(=O)(O)OC[C@@H](O)CO. The van der Waals surface area contributed by atoms with Crippen molar-refractivity contribution in [2.24, 2.45) is 0 Å². The molecular weight excluding hydrogens is 511 g/mol. The van der Waals surface area contributed by atoms with Gasteiger partial charge in [-0.25, -0.2) is 4.57 Å². The van der Waals surface area contributed by atoms with Crippen LogP contribution in [0.2, 0.25) is 0 Å². The third-order valence-electron chi connectivity index (χ3n) is 6.15. The van der Waals surface area contributed by atoms with Crippen molar-refractivity contribution in [1.82, 2.24) is 0 Å². The summed E-state index contributed by atoms with van der Waals surface area (Å²) in [7, 11) is -4.49. The third kappa shape index (κ3) is 26.8. The van der Waals surface area contributed by atoms with E-state index in [-0.39, 0.29) is 13.0 Å². The van der Waals surface area contributed by atoms with Crippen LogP contribution in [0.3, 0.4) is 0 Å². The zero-order valence-corrected chi connectivity index (χ0v) is 24.5. The number of unbranched alkanes of at least 4 members (excludes halogenated alkanes) is 15. The molecule has 1 unspecified atom stereocenters. The maximum absolute atomic E-state index is 11.8. The first kappa shape index (κ1) is 37.2. The number of rotatable bonds is 28. The molecule has 0 aliphatic heterocycles. The number of carbonyl (C=O) groups is 1. The van der Waals surface area contributed by atoms with Gasteiger partial charge in [0.2, 0.25) is 0 Å². The highest BCUT2D eigenvalue weighted by molar-refractivity contribution is 7.47. The van der Waals surface area contributed by atoms with Gasteiger partial charge in [0.15, 0.2) is 0 Å². The molecule has 0 aromatic heterocycles. The second-order valence-corrected chi connectivity index (χ2v) is 11.4. The van der Waals surface area contributed by atoms with Crippen molar-refractivity contribution in [3.8, 4) is 0 Å². The lowest BCUT2D eigenvalue weighted by Crippen LogP contribution is -2.24. The lowest BCUT2D eigenvalue weighted by atomic mass is 10.1. The van der Waals surface area contributed by atoms with Gasteiger partial charge in [0.1, 0.15) is 18.8 Å². The molecule has 226 valence electrons. The highest BCUT2D eigenvalue weighted by atomic mass is 31.2. The summed E-state index contributed by atoms with van der Waals surface area (Å²) in [4.78, 5) is 21.2. The van der Waals surface area contributed by atoms with Crippen LogP contribution in [0.1, 0.15) is 122 Å². The van der Waals surface area contributed by atoms with Gasteiger partial charge in [-0.1, -0.05) is 96.1 Å². The second kappa shape index (κ2) is 26.4. The number of hydrogen-bond acceptors (Lipinski definition) is 8. The summed E-state index contributed by atoms with van der Waals surface area (Å²) in [5.74, 6) is -0.433. The molecule has 0 aliphatic rings. The summed E-state index contributed by atoms with van der Waals surface area (Å²) >= 11 is 0. The summed E-state index contributed by atoms with van der Waals surface area (Å²) < 4.78 is 25.6. The van der Waals surface area contributed by atoms with Gasteiger partial charge in [-0.3, -0.25) is 13.8 Å². The Morgan fingerprint density at radius 1 is 0.711 bits per heavy atom. The minimum atomic E-state index is -4.49. The molecule has 38 heavy (non-hydrogen) atoms. The van der Waals surface area contributed by atoms with Crippen molar-refractivity contribution in [3.05, 3.63) is 12.2 Å². The maximum Gasteiger partial charge on any atom is 0.472 e. The molecule has 0 radical (unpaired) electrons. The zero-order chi connectivity index (χ0) is 28.3. The first-order valence-electron chi connectivity index (χ1n) is 14.7. The Hall–Kier alpha value is -0.800. The summed E-state index contributed by atoms with van der Waals surface area (Å²) in [6.45, 7) is 0.104. The summed E-state index contributed by atoms with van der Waals surface area (Å²) in [6, 6.07) is 0. The van der Waals surface area contributed by atoms with Gasteiger partial charge in [0.25, 0.3) is 0 Å². The first-order valence-corrected chi connectivity index (χ1v) is 16.2. The fourth-order valence-corrected chi connectivity index (χ4v) is 4.60. The normalized spacial score (nSPS) is 15.0. The van der Waals surface area contributed by atoms with Gasteiger partial charge >= 0.3 is 13.8 Å². The van der Waals surface area contributed by atoms with E-state index in [0.29, 0.717) is 0 Å². The molecular formula is C28H55O9P. The molecule has 0 aromatic rings. The van der Waals surface area contributed by atoms with E-state index < -0.39 is 45.8 Å². The molecule has 0 rings (SSSR count). The lowest BCUT2D eigenvalue weighted by molar-refractivity contribution is -0.147. The van der Waals surface area contributed by atoms with Crippen LogP contribution < -0.4 is 0 Å².